The Morgan fingerprint density at radius 2 is 1.94 bits per heavy atom. The predicted molar refractivity (Wildman–Crippen MR) is 131 cm³/mol. The first-order valence-corrected chi connectivity index (χ1v) is 11.0. The van der Waals surface area contributed by atoms with Gasteiger partial charge in [0, 0.05) is 22.4 Å². The van der Waals surface area contributed by atoms with Crippen LogP contribution in [0.1, 0.15) is 19.4 Å². The molecule has 2 aromatic carbocycles. The van der Waals surface area contributed by atoms with Crippen LogP contribution in [0, 0.1) is 0 Å². The second-order valence-corrected chi connectivity index (χ2v) is 8.25. The van der Waals surface area contributed by atoms with Gasteiger partial charge in [-0.2, -0.15) is 10.2 Å². The smallest absolute Gasteiger partial charge is 0.296 e. The van der Waals surface area contributed by atoms with E-state index >= 15 is 0 Å². The van der Waals surface area contributed by atoms with Gasteiger partial charge in [-0.3, -0.25) is 10.2 Å². The molecule has 0 saturated heterocycles. The number of ether oxygens (including phenoxy) is 2. The fourth-order valence-electron chi connectivity index (χ4n) is 3.02. The van der Waals surface area contributed by atoms with E-state index in [4.69, 9.17) is 15.2 Å². The summed E-state index contributed by atoms with van der Waals surface area (Å²) in [6, 6.07) is 15.1. The van der Waals surface area contributed by atoms with E-state index in [1.807, 2.05) is 37.3 Å². The van der Waals surface area contributed by atoms with Crippen molar-refractivity contribution in [2.24, 2.45) is 15.9 Å². The van der Waals surface area contributed by atoms with Gasteiger partial charge in [0.2, 0.25) is 0 Å². The van der Waals surface area contributed by atoms with Crippen molar-refractivity contribution < 1.29 is 14.3 Å². The highest BCUT2D eigenvalue weighted by Crippen LogP contribution is 2.29. The molecule has 0 unspecified atom stereocenters. The molecule has 1 amide bonds. The molecule has 9 heteroatoms. The number of nitrogens with zero attached hydrogens (tertiary/aromatic N) is 3. The van der Waals surface area contributed by atoms with Gasteiger partial charge in [0.05, 0.1) is 32.2 Å². The fourth-order valence-corrected chi connectivity index (χ4v) is 3.87. The van der Waals surface area contributed by atoms with Gasteiger partial charge in [0.15, 0.2) is 5.71 Å². The lowest BCUT2D eigenvalue weighted by molar-refractivity contribution is -0.123. The minimum absolute atomic E-state index is 0.249. The Labute approximate surface area is 192 Å². The van der Waals surface area contributed by atoms with Gasteiger partial charge in [-0.25, -0.2) is 5.01 Å². The van der Waals surface area contributed by atoms with Crippen molar-refractivity contribution in [3.63, 3.8) is 0 Å². The number of hydrogen-bond donors (Lipinski definition) is 2. The average Bonchev–Trinajstić information content (AvgIpc) is 3.09. The summed E-state index contributed by atoms with van der Waals surface area (Å²) >= 11 is 1.60. The zero-order valence-electron chi connectivity index (χ0n) is 18.6. The number of carbonyl (C=O) groups excluding carboxylic acids is 1. The molecule has 1 aliphatic heterocycles. The van der Waals surface area contributed by atoms with Crippen molar-refractivity contribution in [2.45, 2.75) is 13.8 Å². The lowest BCUT2D eigenvalue weighted by atomic mass is 10.1. The van der Waals surface area contributed by atoms with E-state index in [2.05, 4.69) is 15.6 Å². The molecule has 32 heavy (non-hydrogen) atoms. The van der Waals surface area contributed by atoms with E-state index < -0.39 is 0 Å². The molecule has 0 saturated carbocycles. The first-order chi connectivity index (χ1) is 15.4. The summed E-state index contributed by atoms with van der Waals surface area (Å²) in [4.78, 5) is 13.8. The van der Waals surface area contributed by atoms with Crippen LogP contribution < -0.4 is 20.6 Å². The third-order valence-corrected chi connectivity index (χ3v) is 5.87. The summed E-state index contributed by atoms with van der Waals surface area (Å²) in [5, 5.41) is 10.1. The molecule has 3 rings (SSSR count). The zero-order chi connectivity index (χ0) is 23.1. The second-order valence-electron chi connectivity index (χ2n) is 6.94. The van der Waals surface area contributed by atoms with Crippen molar-refractivity contribution in [3.8, 4) is 11.5 Å². The van der Waals surface area contributed by atoms with Crippen LogP contribution in [0.3, 0.4) is 0 Å². The van der Waals surface area contributed by atoms with E-state index in [1.165, 1.54) is 5.01 Å². The molecule has 0 fully saturated rings. The standard InChI is InChI=1S/C23H27N5O3S/c1-15-22(26-25-19-11-10-18(30-3)14-20(19)31-4)23(29)28(27-15)12-13-32-16(2)21(24)17-8-6-5-7-9-17/h5-11,14,25H,12-13,24H2,1-4H3/b21-16-,26-22+. The summed E-state index contributed by atoms with van der Waals surface area (Å²) in [6.07, 6.45) is 0. The number of thioether (sulfide) groups is 1. The molecule has 2 aromatic rings. The Morgan fingerprint density at radius 1 is 1.19 bits per heavy atom. The van der Waals surface area contributed by atoms with Gasteiger partial charge in [-0.05, 0) is 31.5 Å². The number of nitrogens with two attached hydrogens (primary N) is 1. The topological polar surface area (TPSA) is 102 Å². The van der Waals surface area contributed by atoms with Crippen molar-refractivity contribution in [3.05, 3.63) is 59.0 Å². The van der Waals surface area contributed by atoms with Crippen molar-refractivity contribution in [2.75, 3.05) is 31.9 Å². The van der Waals surface area contributed by atoms with Crippen LogP contribution in [0.15, 0.2) is 63.6 Å². The molecule has 0 atom stereocenters. The van der Waals surface area contributed by atoms with E-state index in [1.54, 1.807) is 51.1 Å². The summed E-state index contributed by atoms with van der Waals surface area (Å²) in [7, 11) is 3.14. The maximum absolute atomic E-state index is 12.8. The maximum atomic E-state index is 12.8. The van der Waals surface area contributed by atoms with Crippen LogP contribution in [-0.4, -0.2) is 48.9 Å². The molecule has 1 heterocycles. The monoisotopic (exact) mass is 453 g/mol. The number of hydrogen-bond acceptors (Lipinski definition) is 8. The fraction of sp³-hybridized carbons (Fsp3) is 0.261. The largest absolute Gasteiger partial charge is 0.497 e. The van der Waals surface area contributed by atoms with Crippen LogP contribution in [0.5, 0.6) is 11.5 Å². The van der Waals surface area contributed by atoms with Gasteiger partial charge < -0.3 is 15.2 Å². The number of methoxy groups -OCH3 is 2. The van der Waals surface area contributed by atoms with Crippen LogP contribution in [0.25, 0.3) is 5.70 Å². The molecular formula is C23H27N5O3S. The van der Waals surface area contributed by atoms with Crippen LogP contribution in [0.2, 0.25) is 0 Å². The third kappa shape index (κ3) is 5.42. The molecule has 168 valence electrons. The number of anilines is 1. The molecule has 1 aliphatic rings. The van der Waals surface area contributed by atoms with Gasteiger partial charge in [-0.15, -0.1) is 11.8 Å². The van der Waals surface area contributed by atoms with Gasteiger partial charge in [0.25, 0.3) is 5.91 Å². The summed E-state index contributed by atoms with van der Waals surface area (Å²) in [5.41, 5.74) is 12.3. The summed E-state index contributed by atoms with van der Waals surface area (Å²) < 4.78 is 10.5. The lowest BCUT2D eigenvalue weighted by Gasteiger charge is -2.13. The van der Waals surface area contributed by atoms with Gasteiger partial charge >= 0.3 is 0 Å². The Kier molecular flexibility index (Phi) is 7.77. The van der Waals surface area contributed by atoms with Crippen molar-refractivity contribution in [1.29, 1.82) is 0 Å². The van der Waals surface area contributed by atoms with Crippen molar-refractivity contribution >= 4 is 40.5 Å². The molecule has 0 spiro atoms. The van der Waals surface area contributed by atoms with Crippen molar-refractivity contribution in [1.82, 2.24) is 5.01 Å². The molecule has 3 N–H and O–H groups in total. The number of carbonyl (C=O) groups is 1. The third-order valence-electron chi connectivity index (χ3n) is 4.83. The Morgan fingerprint density at radius 3 is 2.62 bits per heavy atom. The first-order valence-electron chi connectivity index (χ1n) is 10.0. The normalized spacial score (nSPS) is 15.5. The molecule has 0 radical (unpaired) electrons. The first kappa shape index (κ1) is 23.2. The minimum atomic E-state index is -0.249. The number of amides is 1. The average molecular weight is 454 g/mol. The summed E-state index contributed by atoms with van der Waals surface area (Å²) in [5.74, 6) is 1.63. The highest BCUT2D eigenvalue weighted by molar-refractivity contribution is 8.03. The van der Waals surface area contributed by atoms with Crippen LogP contribution >= 0.6 is 11.8 Å². The number of allylic oxidation sites excluding steroid dienone is 1. The highest BCUT2D eigenvalue weighted by Gasteiger charge is 2.29. The minimum Gasteiger partial charge on any atom is -0.497 e. The van der Waals surface area contributed by atoms with Gasteiger partial charge in [-0.1, -0.05) is 30.3 Å². The molecule has 0 aromatic heterocycles. The van der Waals surface area contributed by atoms with E-state index in [-0.39, 0.29) is 11.6 Å². The molecule has 0 bridgehead atoms. The number of hydrazone groups is 2. The molecule has 0 aliphatic carbocycles. The predicted octanol–water partition coefficient (Wildman–Crippen LogP) is 3.77. The second kappa shape index (κ2) is 10.7. The quantitative estimate of drug-likeness (QED) is 0.561. The van der Waals surface area contributed by atoms with E-state index in [0.717, 1.165) is 16.2 Å². The zero-order valence-corrected chi connectivity index (χ0v) is 19.4. The number of nitrogens with one attached hydrogen (secondary N) is 1. The Hall–Kier alpha value is -3.46. The Balaban J connectivity index is 1.61. The highest BCUT2D eigenvalue weighted by atomic mass is 32.2. The number of benzene rings is 2. The lowest BCUT2D eigenvalue weighted by Crippen LogP contribution is -2.29. The molecular weight excluding hydrogens is 426 g/mol. The van der Waals surface area contributed by atoms with Crippen LogP contribution in [0.4, 0.5) is 5.69 Å². The Bertz CT molecular complexity index is 1070. The number of rotatable bonds is 9. The van der Waals surface area contributed by atoms with Crippen LogP contribution in [-0.2, 0) is 4.79 Å². The van der Waals surface area contributed by atoms with E-state index in [9.17, 15) is 4.79 Å². The maximum Gasteiger partial charge on any atom is 0.296 e. The summed E-state index contributed by atoms with van der Waals surface area (Å²) in [6.45, 7) is 4.19. The van der Waals surface area contributed by atoms with Gasteiger partial charge in [0.1, 0.15) is 11.5 Å². The molecule has 8 nitrogen and oxygen atoms in total. The SMILES string of the molecule is COc1ccc(N/N=C2/C(=O)N(CCS/C(C)=C(\N)c3ccccc3)N=C2C)c(OC)c1. The van der Waals surface area contributed by atoms with E-state index in [0.29, 0.717) is 35.2 Å².